The second-order valence-electron chi connectivity index (χ2n) is 5.42. The van der Waals surface area contributed by atoms with Crippen LogP contribution >= 0.6 is 11.6 Å². The fourth-order valence-electron chi connectivity index (χ4n) is 2.26. The van der Waals surface area contributed by atoms with Gasteiger partial charge in [0, 0.05) is 5.69 Å². The molecule has 0 bridgehead atoms. The predicted molar refractivity (Wildman–Crippen MR) is 99.3 cm³/mol. The number of carbonyl (C=O) groups excluding carboxylic acids is 2. The first-order valence-electron chi connectivity index (χ1n) is 7.98. The zero-order chi connectivity index (χ0) is 19.1. The molecule has 2 aromatic carbocycles. The SMILES string of the molecule is CCOc1c(Cl)cc(C(=O)OCC(=O)Nc2cccc(C)c2)cc1OC. The van der Waals surface area contributed by atoms with Crippen LogP contribution in [0.4, 0.5) is 5.69 Å². The van der Waals surface area contributed by atoms with Gasteiger partial charge >= 0.3 is 5.97 Å². The van der Waals surface area contributed by atoms with Gasteiger partial charge in [-0.2, -0.15) is 0 Å². The van der Waals surface area contributed by atoms with Crippen molar-refractivity contribution in [2.24, 2.45) is 0 Å². The van der Waals surface area contributed by atoms with E-state index in [-0.39, 0.29) is 10.6 Å². The minimum absolute atomic E-state index is 0.165. The highest BCUT2D eigenvalue weighted by Crippen LogP contribution is 2.36. The minimum Gasteiger partial charge on any atom is -0.493 e. The number of ether oxygens (including phenoxy) is 3. The fourth-order valence-corrected chi connectivity index (χ4v) is 2.52. The first-order valence-corrected chi connectivity index (χ1v) is 8.36. The first kappa shape index (κ1) is 19.6. The molecule has 0 saturated heterocycles. The molecule has 0 unspecified atom stereocenters. The van der Waals surface area contributed by atoms with Crippen LogP contribution in [0.2, 0.25) is 5.02 Å². The Labute approximate surface area is 157 Å². The zero-order valence-electron chi connectivity index (χ0n) is 14.8. The summed E-state index contributed by atoms with van der Waals surface area (Å²) in [4.78, 5) is 24.1. The summed E-state index contributed by atoms with van der Waals surface area (Å²) in [5, 5.41) is 2.89. The summed E-state index contributed by atoms with van der Waals surface area (Å²) < 4.78 is 15.6. The number of hydrogen-bond acceptors (Lipinski definition) is 5. The molecule has 0 heterocycles. The quantitative estimate of drug-likeness (QED) is 0.742. The predicted octanol–water partition coefficient (Wildman–Crippen LogP) is 3.85. The molecule has 0 spiro atoms. The average Bonchev–Trinajstić information content (AvgIpc) is 2.61. The van der Waals surface area contributed by atoms with Crippen LogP contribution in [0.15, 0.2) is 36.4 Å². The Morgan fingerprint density at radius 3 is 2.62 bits per heavy atom. The molecule has 0 radical (unpaired) electrons. The van der Waals surface area contributed by atoms with Crippen molar-refractivity contribution in [3.8, 4) is 11.5 Å². The van der Waals surface area contributed by atoms with Gasteiger partial charge in [0.1, 0.15) is 0 Å². The summed E-state index contributed by atoms with van der Waals surface area (Å²) in [7, 11) is 1.44. The van der Waals surface area contributed by atoms with Gasteiger partial charge < -0.3 is 19.5 Å². The average molecular weight is 378 g/mol. The van der Waals surface area contributed by atoms with Crippen LogP contribution < -0.4 is 14.8 Å². The number of esters is 1. The second kappa shape index (κ2) is 9.10. The highest BCUT2D eigenvalue weighted by Gasteiger charge is 2.17. The van der Waals surface area contributed by atoms with Crippen LogP contribution in [0, 0.1) is 6.92 Å². The molecular formula is C19H20ClNO5. The molecule has 1 N–H and O–H groups in total. The molecule has 0 aromatic heterocycles. The number of rotatable bonds is 7. The lowest BCUT2D eigenvalue weighted by atomic mass is 10.2. The topological polar surface area (TPSA) is 73.9 Å². The van der Waals surface area contributed by atoms with E-state index in [0.717, 1.165) is 5.56 Å². The van der Waals surface area contributed by atoms with Gasteiger partial charge in [-0.3, -0.25) is 4.79 Å². The number of nitrogens with one attached hydrogen (secondary N) is 1. The van der Waals surface area contributed by atoms with E-state index < -0.39 is 18.5 Å². The van der Waals surface area contributed by atoms with Gasteiger partial charge in [-0.1, -0.05) is 23.7 Å². The van der Waals surface area contributed by atoms with E-state index >= 15 is 0 Å². The van der Waals surface area contributed by atoms with E-state index in [1.165, 1.54) is 19.2 Å². The summed E-state index contributed by atoms with van der Waals surface area (Å²) in [5.74, 6) is -0.457. The maximum Gasteiger partial charge on any atom is 0.338 e. The van der Waals surface area contributed by atoms with Gasteiger partial charge in [-0.05, 0) is 43.7 Å². The fraction of sp³-hybridized carbons (Fsp3) is 0.263. The van der Waals surface area contributed by atoms with Crippen molar-refractivity contribution in [1.82, 2.24) is 0 Å². The van der Waals surface area contributed by atoms with E-state index in [2.05, 4.69) is 5.32 Å². The van der Waals surface area contributed by atoms with Crippen LogP contribution in [0.25, 0.3) is 0 Å². The number of aryl methyl sites for hydroxylation is 1. The van der Waals surface area contributed by atoms with E-state index in [0.29, 0.717) is 23.8 Å². The lowest BCUT2D eigenvalue weighted by molar-refractivity contribution is -0.119. The molecule has 0 aliphatic heterocycles. The molecule has 138 valence electrons. The molecule has 0 aliphatic rings. The molecule has 0 saturated carbocycles. The number of anilines is 1. The van der Waals surface area contributed by atoms with E-state index in [1.807, 2.05) is 32.0 Å². The Bertz CT molecular complexity index is 807. The lowest BCUT2D eigenvalue weighted by Crippen LogP contribution is -2.21. The van der Waals surface area contributed by atoms with Crippen LogP contribution in [-0.4, -0.2) is 32.2 Å². The molecule has 7 heteroatoms. The maximum absolute atomic E-state index is 12.2. The molecule has 6 nitrogen and oxygen atoms in total. The molecule has 0 atom stereocenters. The second-order valence-corrected chi connectivity index (χ2v) is 5.82. The zero-order valence-corrected chi connectivity index (χ0v) is 15.6. The normalized spacial score (nSPS) is 10.2. The Morgan fingerprint density at radius 1 is 1.19 bits per heavy atom. The number of benzene rings is 2. The van der Waals surface area contributed by atoms with Gasteiger partial charge in [0.05, 0.1) is 24.3 Å². The van der Waals surface area contributed by atoms with Gasteiger partial charge in [0.2, 0.25) is 0 Å². The standard InChI is InChI=1S/C19H20ClNO5/c1-4-25-18-15(20)9-13(10-16(18)24-3)19(23)26-11-17(22)21-14-7-5-6-12(2)8-14/h5-10H,4,11H2,1-3H3,(H,21,22). The molecule has 2 rings (SSSR count). The van der Waals surface area contributed by atoms with Crippen molar-refractivity contribution in [2.75, 3.05) is 25.6 Å². The van der Waals surface area contributed by atoms with Crippen LogP contribution in [-0.2, 0) is 9.53 Å². The third kappa shape index (κ3) is 5.13. The Balaban J connectivity index is 2.01. The van der Waals surface area contributed by atoms with Gasteiger partial charge in [0.25, 0.3) is 5.91 Å². The molecular weight excluding hydrogens is 358 g/mol. The summed E-state index contributed by atoms with van der Waals surface area (Å²) >= 11 is 6.13. The number of halogens is 1. The third-order valence-corrected chi connectivity index (χ3v) is 3.67. The monoisotopic (exact) mass is 377 g/mol. The maximum atomic E-state index is 12.2. The number of methoxy groups -OCH3 is 1. The van der Waals surface area contributed by atoms with Crippen molar-refractivity contribution >= 4 is 29.2 Å². The molecule has 1 amide bonds. The van der Waals surface area contributed by atoms with Gasteiger partial charge in [-0.15, -0.1) is 0 Å². The summed E-state index contributed by atoms with van der Waals surface area (Å²) in [6, 6.07) is 10.2. The Hall–Kier alpha value is -2.73. The van der Waals surface area contributed by atoms with Crippen LogP contribution in [0.5, 0.6) is 11.5 Å². The minimum atomic E-state index is -0.687. The van der Waals surface area contributed by atoms with Crippen LogP contribution in [0.1, 0.15) is 22.8 Å². The molecule has 0 fully saturated rings. The Morgan fingerprint density at radius 2 is 1.96 bits per heavy atom. The van der Waals surface area contributed by atoms with E-state index in [4.69, 9.17) is 25.8 Å². The first-order chi connectivity index (χ1) is 12.4. The number of amides is 1. The van der Waals surface area contributed by atoms with Crippen molar-refractivity contribution in [3.63, 3.8) is 0 Å². The number of carbonyl (C=O) groups is 2. The molecule has 0 aliphatic carbocycles. The molecule has 2 aromatic rings. The number of hydrogen-bond donors (Lipinski definition) is 1. The molecule has 26 heavy (non-hydrogen) atoms. The summed E-state index contributed by atoms with van der Waals surface area (Å²) in [5.41, 5.74) is 1.81. The van der Waals surface area contributed by atoms with Crippen molar-refractivity contribution in [3.05, 3.63) is 52.5 Å². The Kier molecular flexibility index (Phi) is 6.86. The van der Waals surface area contributed by atoms with E-state index in [9.17, 15) is 9.59 Å². The highest BCUT2D eigenvalue weighted by atomic mass is 35.5. The third-order valence-electron chi connectivity index (χ3n) is 3.39. The van der Waals surface area contributed by atoms with E-state index in [1.54, 1.807) is 6.07 Å². The smallest absolute Gasteiger partial charge is 0.338 e. The highest BCUT2D eigenvalue weighted by molar-refractivity contribution is 6.32. The van der Waals surface area contributed by atoms with Crippen molar-refractivity contribution in [1.29, 1.82) is 0 Å². The van der Waals surface area contributed by atoms with Crippen molar-refractivity contribution < 1.29 is 23.8 Å². The summed E-state index contributed by atoms with van der Waals surface area (Å²) in [6.45, 7) is 3.71. The summed E-state index contributed by atoms with van der Waals surface area (Å²) in [6.07, 6.45) is 0. The van der Waals surface area contributed by atoms with Crippen LogP contribution in [0.3, 0.4) is 0 Å². The van der Waals surface area contributed by atoms with Gasteiger partial charge in [0.15, 0.2) is 18.1 Å². The lowest BCUT2D eigenvalue weighted by Gasteiger charge is -2.13. The van der Waals surface area contributed by atoms with Gasteiger partial charge in [-0.25, -0.2) is 4.79 Å². The largest absolute Gasteiger partial charge is 0.493 e. The van der Waals surface area contributed by atoms with Crippen molar-refractivity contribution in [2.45, 2.75) is 13.8 Å².